The molecule has 0 amide bonds. The second-order valence-electron chi connectivity index (χ2n) is 18.0. The predicted octanol–water partition coefficient (Wildman–Crippen LogP) is 11.9. The van der Waals surface area contributed by atoms with Crippen molar-refractivity contribution in [2.75, 3.05) is 0 Å². The zero-order chi connectivity index (χ0) is 39.0. The molecule has 0 atom stereocenters. The third kappa shape index (κ3) is 6.58. The Morgan fingerprint density at radius 1 is 0.600 bits per heavy atom. The molecular weight excluding hydrogens is 675 g/mol. The number of aryl methyl sites for hydroxylation is 2. The number of hydrogen-bond donors (Lipinski definition) is 0. The maximum atomic E-state index is 6.78. The van der Waals surface area contributed by atoms with Crippen molar-refractivity contribution in [3.8, 4) is 28.7 Å². The van der Waals surface area contributed by atoms with Crippen molar-refractivity contribution in [3.63, 3.8) is 0 Å². The number of rotatable bonds is 5. The van der Waals surface area contributed by atoms with E-state index < -0.39 is 0 Å². The highest BCUT2D eigenvalue weighted by Gasteiger charge is 2.24. The molecule has 6 heteroatoms. The number of fused-ring (bicyclic) bond motifs is 4. The lowest BCUT2D eigenvalue weighted by Crippen LogP contribution is -2.31. The quantitative estimate of drug-likeness (QED) is 0.131. The smallest absolute Gasteiger partial charge is 0.269 e. The van der Waals surface area contributed by atoms with Crippen LogP contribution in [0.1, 0.15) is 90.4 Å². The second kappa shape index (κ2) is 12.9. The van der Waals surface area contributed by atoms with Crippen LogP contribution in [0.2, 0.25) is 0 Å². The van der Waals surface area contributed by atoms with Crippen LogP contribution in [-0.2, 0) is 16.2 Å². The molecule has 0 saturated carbocycles. The number of para-hydroxylation sites is 3. The Morgan fingerprint density at radius 3 is 1.93 bits per heavy atom. The fourth-order valence-corrected chi connectivity index (χ4v) is 7.46. The van der Waals surface area contributed by atoms with Gasteiger partial charge in [-0.2, -0.15) is 0 Å². The SMILES string of the molecule is Cc1nc(C)c(-n2[c-][n+](-c3cc(C(C)(C)C)cc(C(C)(C)C)c3)c3ccccc32)cc1Oc1ccc2c3ccccc3n(-c3cc(C(C)(C)C)ccn3)c2c1. The molecule has 0 spiro atoms. The molecule has 8 aromatic rings. The number of pyridine rings is 2. The lowest BCUT2D eigenvalue weighted by Gasteiger charge is -2.26. The van der Waals surface area contributed by atoms with Crippen LogP contribution in [-0.4, -0.2) is 19.1 Å². The fraction of sp³-hybridized carbons (Fsp3) is 0.286. The molecule has 0 saturated heterocycles. The average Bonchev–Trinajstić information content (AvgIpc) is 3.67. The van der Waals surface area contributed by atoms with Crippen LogP contribution in [0.15, 0.2) is 109 Å². The van der Waals surface area contributed by atoms with Gasteiger partial charge in [-0.05, 0) is 95.3 Å². The molecule has 4 heterocycles. The number of imidazole rings is 1. The maximum absolute atomic E-state index is 6.78. The van der Waals surface area contributed by atoms with Crippen molar-refractivity contribution >= 4 is 32.8 Å². The number of hydrogen-bond acceptors (Lipinski definition) is 3. The molecule has 4 aromatic heterocycles. The van der Waals surface area contributed by atoms with Crippen molar-refractivity contribution in [3.05, 3.63) is 144 Å². The van der Waals surface area contributed by atoms with Gasteiger partial charge >= 0.3 is 0 Å². The van der Waals surface area contributed by atoms with Crippen LogP contribution in [0, 0.1) is 20.2 Å². The third-order valence-electron chi connectivity index (χ3n) is 10.8. The standard InChI is InChI=1S/C49H51N5O/c1-31-43(53-30-52(41-18-14-15-19-42(41)53)36-25-34(48(6,7)8)24-35(26-36)49(9,10)11)29-45(32(2)51-31)55-37-20-21-39-38-16-12-13-17-40(38)54(44(39)28-37)46-27-33(22-23-50-46)47(3,4)5/h12-29H,1-11H3. The Bertz CT molecular complexity index is 2730. The van der Waals surface area contributed by atoms with Crippen LogP contribution >= 0.6 is 0 Å². The summed E-state index contributed by atoms with van der Waals surface area (Å²) in [6, 6.07) is 36.7. The fourth-order valence-electron chi connectivity index (χ4n) is 7.46. The maximum Gasteiger partial charge on any atom is 0.269 e. The lowest BCUT2D eigenvalue weighted by molar-refractivity contribution is -0.572. The van der Waals surface area contributed by atoms with E-state index in [0.717, 1.165) is 61.8 Å². The van der Waals surface area contributed by atoms with Crippen LogP contribution < -0.4 is 9.30 Å². The summed E-state index contributed by atoms with van der Waals surface area (Å²) in [6.45, 7) is 24.4. The Kier molecular flexibility index (Phi) is 8.52. The summed E-state index contributed by atoms with van der Waals surface area (Å²) in [7, 11) is 0. The Morgan fingerprint density at radius 2 is 1.24 bits per heavy atom. The molecule has 0 N–H and O–H groups in total. The van der Waals surface area contributed by atoms with Gasteiger partial charge in [0.25, 0.3) is 6.33 Å². The summed E-state index contributed by atoms with van der Waals surface area (Å²) in [6.07, 6.45) is 5.65. The van der Waals surface area contributed by atoms with Crippen LogP contribution in [0.4, 0.5) is 0 Å². The molecule has 4 aromatic carbocycles. The van der Waals surface area contributed by atoms with Gasteiger partial charge in [0.05, 0.1) is 44.8 Å². The summed E-state index contributed by atoms with van der Waals surface area (Å²) in [5.41, 5.74) is 11.8. The van der Waals surface area contributed by atoms with Crippen molar-refractivity contribution in [2.45, 2.75) is 92.4 Å². The Labute approximate surface area is 325 Å². The van der Waals surface area contributed by atoms with Gasteiger partial charge in [0.15, 0.2) is 0 Å². The van der Waals surface area contributed by atoms with E-state index in [4.69, 9.17) is 14.7 Å². The predicted molar refractivity (Wildman–Crippen MR) is 226 cm³/mol. The van der Waals surface area contributed by atoms with Gasteiger partial charge in [-0.1, -0.05) is 111 Å². The highest BCUT2D eigenvalue weighted by molar-refractivity contribution is 6.09. The molecule has 0 aliphatic rings. The minimum absolute atomic E-state index is 0.00797. The minimum atomic E-state index is -0.0109. The summed E-state index contributed by atoms with van der Waals surface area (Å²) in [4.78, 5) is 9.90. The Hall–Kier alpha value is -5.75. The van der Waals surface area contributed by atoms with Crippen LogP contribution in [0.3, 0.4) is 0 Å². The molecule has 55 heavy (non-hydrogen) atoms. The van der Waals surface area contributed by atoms with E-state index in [-0.39, 0.29) is 16.2 Å². The van der Waals surface area contributed by atoms with Gasteiger partial charge in [0, 0.05) is 23.0 Å². The summed E-state index contributed by atoms with van der Waals surface area (Å²) >= 11 is 0. The van der Waals surface area contributed by atoms with E-state index in [0.29, 0.717) is 5.75 Å². The van der Waals surface area contributed by atoms with E-state index in [2.05, 4.69) is 192 Å². The molecule has 6 nitrogen and oxygen atoms in total. The highest BCUT2D eigenvalue weighted by atomic mass is 16.5. The molecule has 8 rings (SSSR count). The van der Waals surface area contributed by atoms with Gasteiger partial charge in [-0.3, -0.25) is 18.7 Å². The van der Waals surface area contributed by atoms with E-state index in [1.807, 2.05) is 13.1 Å². The largest absolute Gasteiger partial charge is 0.456 e. The third-order valence-corrected chi connectivity index (χ3v) is 10.8. The van der Waals surface area contributed by atoms with Gasteiger partial charge in [-0.15, -0.1) is 0 Å². The van der Waals surface area contributed by atoms with Crippen molar-refractivity contribution < 1.29 is 9.30 Å². The number of nitrogens with zero attached hydrogens (tertiary/aromatic N) is 5. The molecule has 0 radical (unpaired) electrons. The number of aromatic nitrogens is 5. The number of ether oxygens (including phenoxy) is 1. The normalized spacial score (nSPS) is 12.6. The monoisotopic (exact) mass is 725 g/mol. The first kappa shape index (κ1) is 36.2. The van der Waals surface area contributed by atoms with Crippen LogP contribution in [0.25, 0.3) is 50.0 Å². The van der Waals surface area contributed by atoms with Crippen molar-refractivity contribution in [1.29, 1.82) is 0 Å². The van der Waals surface area contributed by atoms with Gasteiger partial charge in [0.1, 0.15) is 17.3 Å². The molecule has 278 valence electrons. The summed E-state index contributed by atoms with van der Waals surface area (Å²) in [5, 5.41) is 2.32. The van der Waals surface area contributed by atoms with Gasteiger partial charge < -0.3 is 4.74 Å². The van der Waals surface area contributed by atoms with E-state index in [1.165, 1.54) is 22.1 Å². The summed E-state index contributed by atoms with van der Waals surface area (Å²) in [5.74, 6) is 2.31. The molecule has 0 bridgehead atoms. The molecular formula is C49H51N5O. The second-order valence-corrected chi connectivity index (χ2v) is 18.0. The highest BCUT2D eigenvalue weighted by Crippen LogP contribution is 2.37. The topological polar surface area (TPSA) is 48.8 Å². The van der Waals surface area contributed by atoms with Crippen molar-refractivity contribution in [2.24, 2.45) is 0 Å². The zero-order valence-corrected chi connectivity index (χ0v) is 34.0. The molecule has 0 fully saturated rings. The van der Waals surface area contributed by atoms with Gasteiger partial charge in [-0.25, -0.2) is 4.98 Å². The molecule has 0 aliphatic heterocycles. The Balaban J connectivity index is 1.25. The first-order valence-corrected chi connectivity index (χ1v) is 19.3. The minimum Gasteiger partial charge on any atom is -0.456 e. The zero-order valence-electron chi connectivity index (χ0n) is 34.0. The summed E-state index contributed by atoms with van der Waals surface area (Å²) < 4.78 is 13.3. The van der Waals surface area contributed by atoms with Gasteiger partial charge in [0.2, 0.25) is 0 Å². The van der Waals surface area contributed by atoms with E-state index in [1.54, 1.807) is 0 Å². The van der Waals surface area contributed by atoms with E-state index in [9.17, 15) is 0 Å². The first-order chi connectivity index (χ1) is 26.0. The first-order valence-electron chi connectivity index (χ1n) is 19.3. The van der Waals surface area contributed by atoms with Crippen molar-refractivity contribution in [1.82, 2.24) is 19.1 Å². The average molecular weight is 726 g/mol. The lowest BCUT2D eigenvalue weighted by atomic mass is 9.80. The van der Waals surface area contributed by atoms with E-state index >= 15 is 0 Å². The van der Waals surface area contributed by atoms with Crippen LogP contribution in [0.5, 0.6) is 11.5 Å². The number of benzene rings is 4. The molecule has 0 aliphatic carbocycles. The molecule has 0 unspecified atom stereocenters.